The van der Waals surface area contributed by atoms with E-state index in [0.29, 0.717) is 13.2 Å². The maximum atomic E-state index is 12.5. The molecule has 0 aliphatic rings. The Balaban J connectivity index is 4.11. The summed E-state index contributed by atoms with van der Waals surface area (Å²) in [6.45, 7) is 4.09. The standard InChI is InChI=1S/C42H80N2O8/c1-3-5-7-9-11-13-15-17-19-21-23-25-27-29-33-51-41(49)37-43(35-39(45)46)31-32-44(36-40(47)48)38-42(50)52-34-30-28-26-24-22-20-18-16-14-12-10-8-6-4-2/h3-38H2,1-2H3,(H,45,46)(H,47,48). The van der Waals surface area contributed by atoms with Gasteiger partial charge in [0.05, 0.1) is 39.4 Å². The summed E-state index contributed by atoms with van der Waals surface area (Å²) in [5.41, 5.74) is 0. The highest BCUT2D eigenvalue weighted by molar-refractivity contribution is 5.74. The lowest BCUT2D eigenvalue weighted by molar-refractivity contribution is -0.149. The van der Waals surface area contributed by atoms with Gasteiger partial charge in [0.25, 0.3) is 0 Å². The minimum Gasteiger partial charge on any atom is -0.480 e. The summed E-state index contributed by atoms with van der Waals surface area (Å²) < 4.78 is 10.7. The third-order valence-corrected chi connectivity index (χ3v) is 9.68. The van der Waals surface area contributed by atoms with Gasteiger partial charge in [0.1, 0.15) is 0 Å². The average molecular weight is 741 g/mol. The first-order valence-electron chi connectivity index (χ1n) is 21.5. The fraction of sp³-hybridized carbons (Fsp3) is 0.905. The summed E-state index contributed by atoms with van der Waals surface area (Å²) >= 11 is 0. The zero-order chi connectivity index (χ0) is 38.3. The van der Waals surface area contributed by atoms with Crippen LogP contribution in [0.3, 0.4) is 0 Å². The van der Waals surface area contributed by atoms with Gasteiger partial charge in [-0.3, -0.25) is 29.0 Å². The number of rotatable bonds is 41. The second kappa shape index (κ2) is 38.5. The molecule has 0 fully saturated rings. The molecule has 10 nitrogen and oxygen atoms in total. The van der Waals surface area contributed by atoms with Gasteiger partial charge >= 0.3 is 23.9 Å². The largest absolute Gasteiger partial charge is 0.480 e. The van der Waals surface area contributed by atoms with Crippen molar-refractivity contribution >= 4 is 23.9 Å². The molecule has 0 spiro atoms. The van der Waals surface area contributed by atoms with Crippen molar-refractivity contribution in [2.24, 2.45) is 0 Å². The summed E-state index contributed by atoms with van der Waals surface area (Å²) in [5, 5.41) is 18.7. The molecule has 0 aliphatic carbocycles. The summed E-state index contributed by atoms with van der Waals surface area (Å²) in [5.74, 6) is -3.21. The Kier molecular flexibility index (Phi) is 36.9. The molecule has 0 aliphatic heterocycles. The highest BCUT2D eigenvalue weighted by Crippen LogP contribution is 2.14. The zero-order valence-corrected chi connectivity index (χ0v) is 33.7. The minimum absolute atomic E-state index is 0.0970. The van der Waals surface area contributed by atoms with Gasteiger partial charge in [-0.1, -0.05) is 181 Å². The lowest BCUT2D eigenvalue weighted by atomic mass is 10.0. The maximum Gasteiger partial charge on any atom is 0.320 e. The highest BCUT2D eigenvalue weighted by atomic mass is 16.5. The van der Waals surface area contributed by atoms with E-state index in [4.69, 9.17) is 9.47 Å². The van der Waals surface area contributed by atoms with E-state index in [-0.39, 0.29) is 26.2 Å². The van der Waals surface area contributed by atoms with Crippen LogP contribution in [0.15, 0.2) is 0 Å². The van der Waals surface area contributed by atoms with E-state index in [1.807, 2.05) is 0 Å². The van der Waals surface area contributed by atoms with Crippen molar-refractivity contribution in [2.75, 3.05) is 52.5 Å². The van der Waals surface area contributed by atoms with Gasteiger partial charge in [0.2, 0.25) is 0 Å². The molecule has 0 rings (SSSR count). The molecule has 0 aromatic heterocycles. The number of hydrogen-bond donors (Lipinski definition) is 2. The predicted molar refractivity (Wildman–Crippen MR) is 211 cm³/mol. The van der Waals surface area contributed by atoms with Crippen LogP contribution in [0.25, 0.3) is 0 Å². The number of carbonyl (C=O) groups is 4. The second-order valence-electron chi connectivity index (χ2n) is 14.8. The zero-order valence-electron chi connectivity index (χ0n) is 33.7. The van der Waals surface area contributed by atoms with E-state index in [0.717, 1.165) is 38.5 Å². The quantitative estimate of drug-likeness (QED) is 0.0461. The van der Waals surface area contributed by atoms with E-state index >= 15 is 0 Å². The van der Waals surface area contributed by atoms with Gasteiger partial charge in [-0.25, -0.2) is 0 Å². The number of unbranched alkanes of at least 4 members (excludes halogenated alkanes) is 26. The molecule has 0 amide bonds. The van der Waals surface area contributed by atoms with Crippen LogP contribution < -0.4 is 0 Å². The number of carboxylic acids is 2. The number of nitrogens with zero attached hydrogens (tertiary/aromatic N) is 2. The number of carbonyl (C=O) groups excluding carboxylic acids is 2. The lowest BCUT2D eigenvalue weighted by Crippen LogP contribution is -2.43. The Bertz CT molecular complexity index is 788. The van der Waals surface area contributed by atoms with E-state index in [1.54, 1.807) is 0 Å². The van der Waals surface area contributed by atoms with E-state index < -0.39 is 37.0 Å². The van der Waals surface area contributed by atoms with Crippen LogP contribution in [-0.4, -0.2) is 96.4 Å². The molecule has 2 N–H and O–H groups in total. The first-order chi connectivity index (χ1) is 25.3. The van der Waals surface area contributed by atoms with Gasteiger partial charge in [-0.05, 0) is 12.8 Å². The number of ether oxygens (including phenoxy) is 2. The monoisotopic (exact) mass is 741 g/mol. The molecule has 0 saturated carbocycles. The van der Waals surface area contributed by atoms with Crippen LogP contribution in [0.2, 0.25) is 0 Å². The molecular formula is C42H80N2O8. The molecule has 52 heavy (non-hydrogen) atoms. The lowest BCUT2D eigenvalue weighted by Gasteiger charge is -2.24. The molecule has 306 valence electrons. The fourth-order valence-electron chi connectivity index (χ4n) is 6.52. The van der Waals surface area contributed by atoms with Crippen molar-refractivity contribution < 1.29 is 38.9 Å². The van der Waals surface area contributed by atoms with Gasteiger partial charge in [0.15, 0.2) is 0 Å². The molecule has 0 aromatic carbocycles. The third-order valence-electron chi connectivity index (χ3n) is 9.68. The van der Waals surface area contributed by atoms with Crippen molar-refractivity contribution in [1.29, 1.82) is 0 Å². The minimum atomic E-state index is -1.10. The Hall–Kier alpha value is -2.20. The van der Waals surface area contributed by atoms with Crippen molar-refractivity contribution in [3.05, 3.63) is 0 Å². The summed E-state index contributed by atoms with van der Waals surface area (Å²) in [4.78, 5) is 50.6. The summed E-state index contributed by atoms with van der Waals surface area (Å²) in [7, 11) is 0. The smallest absolute Gasteiger partial charge is 0.320 e. The molecule has 0 radical (unpaired) electrons. The normalized spacial score (nSPS) is 11.4. The van der Waals surface area contributed by atoms with Crippen molar-refractivity contribution in [3.8, 4) is 0 Å². The van der Waals surface area contributed by atoms with Crippen LogP contribution in [-0.2, 0) is 28.7 Å². The molecule has 0 saturated heterocycles. The second-order valence-corrected chi connectivity index (χ2v) is 14.8. The van der Waals surface area contributed by atoms with Crippen LogP contribution in [0, 0.1) is 0 Å². The maximum absolute atomic E-state index is 12.5. The van der Waals surface area contributed by atoms with Gasteiger partial charge < -0.3 is 19.7 Å². The number of hydrogen-bond acceptors (Lipinski definition) is 8. The molecule has 0 bridgehead atoms. The molecule has 0 heterocycles. The number of esters is 2. The summed E-state index contributed by atoms with van der Waals surface area (Å²) in [6, 6.07) is 0. The van der Waals surface area contributed by atoms with Gasteiger partial charge in [-0.15, -0.1) is 0 Å². The predicted octanol–water partition coefficient (Wildman–Crippen LogP) is 9.81. The van der Waals surface area contributed by atoms with Crippen molar-refractivity contribution in [2.45, 2.75) is 194 Å². The van der Waals surface area contributed by atoms with E-state index in [1.165, 1.54) is 151 Å². The van der Waals surface area contributed by atoms with Crippen LogP contribution >= 0.6 is 0 Å². The fourth-order valence-corrected chi connectivity index (χ4v) is 6.52. The molecule has 0 unspecified atom stereocenters. The van der Waals surface area contributed by atoms with Crippen molar-refractivity contribution in [1.82, 2.24) is 9.80 Å². The van der Waals surface area contributed by atoms with Gasteiger partial charge in [0, 0.05) is 13.1 Å². The van der Waals surface area contributed by atoms with Gasteiger partial charge in [-0.2, -0.15) is 0 Å². The molecule has 10 heteroatoms. The van der Waals surface area contributed by atoms with Crippen LogP contribution in [0.4, 0.5) is 0 Å². The number of carboxylic acid groups (broad SMARTS) is 2. The Labute approximate surface area is 318 Å². The molecular weight excluding hydrogens is 660 g/mol. The van der Waals surface area contributed by atoms with E-state index in [9.17, 15) is 29.4 Å². The highest BCUT2D eigenvalue weighted by Gasteiger charge is 2.20. The van der Waals surface area contributed by atoms with Crippen LogP contribution in [0.5, 0.6) is 0 Å². The number of aliphatic carboxylic acids is 2. The summed E-state index contributed by atoms with van der Waals surface area (Å²) in [6.07, 6.45) is 34.8. The van der Waals surface area contributed by atoms with E-state index in [2.05, 4.69) is 13.8 Å². The third kappa shape index (κ3) is 37.6. The SMILES string of the molecule is CCCCCCCCCCCCCCCCOC(=O)CN(CCN(CC(=O)O)CC(=O)OCCCCCCCCCCCCCCCC)CC(=O)O. The average Bonchev–Trinajstić information content (AvgIpc) is 3.10. The Morgan fingerprint density at radius 1 is 0.365 bits per heavy atom. The van der Waals surface area contributed by atoms with Crippen molar-refractivity contribution in [3.63, 3.8) is 0 Å². The molecule has 0 aromatic rings. The molecule has 0 atom stereocenters. The van der Waals surface area contributed by atoms with Crippen LogP contribution in [0.1, 0.15) is 194 Å². The Morgan fingerprint density at radius 3 is 0.827 bits per heavy atom. The first-order valence-corrected chi connectivity index (χ1v) is 21.5. The topological polar surface area (TPSA) is 134 Å². The Morgan fingerprint density at radius 2 is 0.596 bits per heavy atom. The first kappa shape index (κ1) is 49.8.